The van der Waals surface area contributed by atoms with E-state index in [1.807, 2.05) is 50.2 Å². The maximum atomic E-state index is 12.7. The van der Waals surface area contributed by atoms with Gasteiger partial charge in [0.25, 0.3) is 5.91 Å². The highest BCUT2D eigenvalue weighted by Crippen LogP contribution is 2.28. The smallest absolute Gasteiger partial charge is 0.262 e. The fourth-order valence-electron chi connectivity index (χ4n) is 4.53. The van der Waals surface area contributed by atoms with Gasteiger partial charge in [0.1, 0.15) is 11.5 Å². The van der Waals surface area contributed by atoms with Crippen LogP contribution in [0.15, 0.2) is 65.1 Å². The molecule has 1 aliphatic heterocycles. The zero-order valence-corrected chi connectivity index (χ0v) is 23.8. The van der Waals surface area contributed by atoms with Crippen molar-refractivity contribution in [1.82, 2.24) is 5.32 Å². The van der Waals surface area contributed by atoms with E-state index >= 15 is 0 Å². The molecule has 1 heterocycles. The van der Waals surface area contributed by atoms with E-state index < -0.39 is 5.92 Å². The molecule has 1 aliphatic rings. The summed E-state index contributed by atoms with van der Waals surface area (Å²) in [4.78, 5) is 39.5. The predicted molar refractivity (Wildman–Crippen MR) is 154 cm³/mol. The summed E-state index contributed by atoms with van der Waals surface area (Å²) in [7, 11) is 1.60. The lowest BCUT2D eigenvalue weighted by Crippen LogP contribution is -2.32. The first-order valence-corrected chi connectivity index (χ1v) is 13.6. The number of benzene rings is 3. The summed E-state index contributed by atoms with van der Waals surface area (Å²) in [6, 6.07) is 18.4. The molecule has 0 aromatic heterocycles. The first-order chi connectivity index (χ1) is 18.8. The van der Waals surface area contributed by atoms with Crippen LogP contribution in [0.25, 0.3) is 0 Å². The summed E-state index contributed by atoms with van der Waals surface area (Å²) >= 11 is 3.49. The van der Waals surface area contributed by atoms with Crippen LogP contribution in [0, 0.1) is 12.8 Å². The summed E-state index contributed by atoms with van der Waals surface area (Å²) < 4.78 is 11.8. The number of rotatable bonds is 10. The van der Waals surface area contributed by atoms with Gasteiger partial charge in [-0.3, -0.25) is 14.4 Å². The molecule has 3 aromatic carbocycles. The van der Waals surface area contributed by atoms with Crippen LogP contribution in [0.1, 0.15) is 30.0 Å². The minimum absolute atomic E-state index is 0.107. The van der Waals surface area contributed by atoms with Gasteiger partial charge in [-0.05, 0) is 78.6 Å². The third-order valence-corrected chi connectivity index (χ3v) is 7.13. The molecule has 0 unspecified atom stereocenters. The molecular formula is C30H32BrN3O5. The van der Waals surface area contributed by atoms with Gasteiger partial charge in [0.05, 0.1) is 13.0 Å². The SMILES string of the molecule is CCc1cc(Br)cc(C)c1NC(=O)COc1ccc(N2C[C@H](C(=O)NCc3ccc(OC)cc3)CC2=O)cc1. The molecule has 4 rings (SSSR count). The van der Waals surface area contributed by atoms with Crippen LogP contribution in [0.2, 0.25) is 0 Å². The second-order valence-corrected chi connectivity index (χ2v) is 10.3. The Morgan fingerprint density at radius 2 is 1.74 bits per heavy atom. The predicted octanol–water partition coefficient (Wildman–Crippen LogP) is 5.02. The van der Waals surface area contributed by atoms with Gasteiger partial charge in [0.15, 0.2) is 6.61 Å². The number of anilines is 2. The van der Waals surface area contributed by atoms with Gasteiger partial charge in [0.2, 0.25) is 11.8 Å². The molecule has 3 amide bonds. The summed E-state index contributed by atoms with van der Waals surface area (Å²) in [5, 5.41) is 5.87. The van der Waals surface area contributed by atoms with E-state index in [4.69, 9.17) is 9.47 Å². The zero-order chi connectivity index (χ0) is 27.9. The summed E-state index contributed by atoms with van der Waals surface area (Å²) in [6.07, 6.45) is 0.945. The molecule has 0 saturated carbocycles. The molecule has 3 aromatic rings. The van der Waals surface area contributed by atoms with Crippen molar-refractivity contribution in [2.75, 3.05) is 30.5 Å². The van der Waals surface area contributed by atoms with Crippen molar-refractivity contribution in [2.45, 2.75) is 33.2 Å². The van der Waals surface area contributed by atoms with E-state index in [9.17, 15) is 14.4 Å². The third-order valence-electron chi connectivity index (χ3n) is 6.67. The minimum atomic E-state index is -0.426. The Morgan fingerprint density at radius 3 is 2.41 bits per heavy atom. The Kier molecular flexibility index (Phi) is 9.24. The van der Waals surface area contributed by atoms with Gasteiger partial charge in [0, 0.05) is 35.4 Å². The van der Waals surface area contributed by atoms with E-state index in [-0.39, 0.29) is 30.7 Å². The van der Waals surface area contributed by atoms with Crippen molar-refractivity contribution in [2.24, 2.45) is 5.92 Å². The number of amides is 3. The Morgan fingerprint density at radius 1 is 1.05 bits per heavy atom. The summed E-state index contributed by atoms with van der Waals surface area (Å²) in [6.45, 7) is 4.54. The van der Waals surface area contributed by atoms with Crippen LogP contribution in [-0.2, 0) is 27.3 Å². The van der Waals surface area contributed by atoms with Crippen LogP contribution in [0.3, 0.4) is 0 Å². The van der Waals surface area contributed by atoms with Crippen molar-refractivity contribution in [3.05, 3.63) is 81.8 Å². The molecule has 0 aliphatic carbocycles. The Bertz CT molecular complexity index is 1340. The van der Waals surface area contributed by atoms with Crippen molar-refractivity contribution < 1.29 is 23.9 Å². The Hall–Kier alpha value is -3.85. The lowest BCUT2D eigenvalue weighted by atomic mass is 10.1. The fourth-order valence-corrected chi connectivity index (χ4v) is 5.15. The molecule has 1 atom stereocenters. The summed E-state index contributed by atoms with van der Waals surface area (Å²) in [5.74, 6) is 0.327. The number of halogens is 1. The average molecular weight is 595 g/mol. The number of carbonyl (C=O) groups excluding carboxylic acids is 3. The van der Waals surface area contributed by atoms with E-state index in [1.54, 1.807) is 36.3 Å². The number of nitrogens with one attached hydrogen (secondary N) is 2. The van der Waals surface area contributed by atoms with Gasteiger partial charge in [-0.15, -0.1) is 0 Å². The second-order valence-electron chi connectivity index (χ2n) is 9.41. The molecule has 1 saturated heterocycles. The first kappa shape index (κ1) is 28.2. The fraction of sp³-hybridized carbons (Fsp3) is 0.300. The highest BCUT2D eigenvalue weighted by atomic mass is 79.9. The highest BCUT2D eigenvalue weighted by molar-refractivity contribution is 9.10. The minimum Gasteiger partial charge on any atom is -0.497 e. The van der Waals surface area contributed by atoms with Gasteiger partial charge in [-0.25, -0.2) is 0 Å². The number of hydrogen-bond acceptors (Lipinski definition) is 5. The van der Waals surface area contributed by atoms with Gasteiger partial charge in [-0.1, -0.05) is 35.0 Å². The maximum Gasteiger partial charge on any atom is 0.262 e. The third kappa shape index (κ3) is 7.17. The Balaban J connectivity index is 1.28. The van der Waals surface area contributed by atoms with Gasteiger partial charge in [-0.2, -0.15) is 0 Å². The number of nitrogens with zero attached hydrogens (tertiary/aromatic N) is 1. The van der Waals surface area contributed by atoms with Crippen molar-refractivity contribution in [3.63, 3.8) is 0 Å². The van der Waals surface area contributed by atoms with Gasteiger partial charge < -0.3 is 25.0 Å². The largest absolute Gasteiger partial charge is 0.497 e. The first-order valence-electron chi connectivity index (χ1n) is 12.8. The molecule has 8 nitrogen and oxygen atoms in total. The lowest BCUT2D eigenvalue weighted by molar-refractivity contribution is -0.126. The number of methoxy groups -OCH3 is 1. The van der Waals surface area contributed by atoms with Crippen LogP contribution < -0.4 is 25.0 Å². The monoisotopic (exact) mass is 593 g/mol. The van der Waals surface area contributed by atoms with Crippen LogP contribution in [0.5, 0.6) is 11.5 Å². The molecular weight excluding hydrogens is 562 g/mol. The lowest BCUT2D eigenvalue weighted by Gasteiger charge is -2.17. The number of carbonyl (C=O) groups is 3. The molecule has 0 bridgehead atoms. The van der Waals surface area contributed by atoms with Crippen molar-refractivity contribution >= 4 is 45.0 Å². The molecule has 0 radical (unpaired) electrons. The van der Waals surface area contributed by atoms with Crippen LogP contribution in [0.4, 0.5) is 11.4 Å². The average Bonchev–Trinajstić information content (AvgIpc) is 3.34. The standard InChI is InChI=1S/C30H32BrN3O5/c1-4-21-14-23(31)13-19(2)29(21)33-27(35)18-39-26-11-7-24(8-12-26)34-17-22(15-28(34)36)30(37)32-16-20-5-9-25(38-3)10-6-20/h5-14,22H,4,15-18H2,1-3H3,(H,32,37)(H,33,35)/t22-/m1/s1. The van der Waals surface area contributed by atoms with E-state index in [2.05, 4.69) is 26.6 Å². The second kappa shape index (κ2) is 12.8. The molecule has 0 spiro atoms. The molecule has 39 heavy (non-hydrogen) atoms. The van der Waals surface area contributed by atoms with Crippen LogP contribution >= 0.6 is 15.9 Å². The number of ether oxygens (including phenoxy) is 2. The van der Waals surface area contributed by atoms with E-state index in [0.29, 0.717) is 24.5 Å². The van der Waals surface area contributed by atoms with Crippen LogP contribution in [-0.4, -0.2) is 38.0 Å². The zero-order valence-electron chi connectivity index (χ0n) is 22.3. The molecule has 9 heteroatoms. The normalized spacial score (nSPS) is 14.7. The summed E-state index contributed by atoms with van der Waals surface area (Å²) in [5.41, 5.74) is 4.46. The van der Waals surface area contributed by atoms with Crippen molar-refractivity contribution in [1.29, 1.82) is 0 Å². The Labute approximate surface area is 236 Å². The topological polar surface area (TPSA) is 97.0 Å². The number of aryl methyl sites for hydroxylation is 2. The quantitative estimate of drug-likeness (QED) is 0.344. The highest BCUT2D eigenvalue weighted by Gasteiger charge is 2.35. The van der Waals surface area contributed by atoms with E-state index in [1.165, 1.54) is 0 Å². The van der Waals surface area contributed by atoms with E-state index in [0.717, 1.165) is 39.0 Å². The van der Waals surface area contributed by atoms with Crippen molar-refractivity contribution in [3.8, 4) is 11.5 Å². The maximum absolute atomic E-state index is 12.7. The molecule has 1 fully saturated rings. The molecule has 2 N–H and O–H groups in total. The van der Waals surface area contributed by atoms with Gasteiger partial charge >= 0.3 is 0 Å². The molecule has 204 valence electrons. The number of hydrogen-bond donors (Lipinski definition) is 2.